The number of benzene rings is 8. The number of nitrogens with zero attached hydrogens (tertiary/aromatic N) is 2. The molecule has 8 aromatic carbocycles. The first-order chi connectivity index (χ1) is 35.2. The summed E-state index contributed by atoms with van der Waals surface area (Å²) in [5.41, 5.74) is 27.0. The summed E-state index contributed by atoms with van der Waals surface area (Å²) in [5.74, 6) is 0. The largest absolute Gasteiger partial charge is 0.311 e. The smallest absolute Gasteiger partial charge is 0.252 e. The van der Waals surface area contributed by atoms with Crippen molar-refractivity contribution in [2.75, 3.05) is 9.80 Å². The molecule has 0 bridgehead atoms. The average Bonchev–Trinajstić information content (AvgIpc) is 3.37. The minimum atomic E-state index is -0.242. The third-order valence-electron chi connectivity index (χ3n) is 17.7. The third kappa shape index (κ3) is 8.58. The molecule has 2 nitrogen and oxygen atoms in total. The zero-order valence-electron chi connectivity index (χ0n) is 48.0. The van der Waals surface area contributed by atoms with Crippen molar-refractivity contribution in [3.05, 3.63) is 208 Å². The number of anilines is 6. The Kier molecular flexibility index (Phi) is 11.8. The number of rotatable bonds is 6. The van der Waals surface area contributed by atoms with Crippen LogP contribution < -0.4 is 26.2 Å². The van der Waals surface area contributed by atoms with Gasteiger partial charge in [0, 0.05) is 45.0 Å². The van der Waals surface area contributed by atoms with E-state index in [1.165, 1.54) is 117 Å². The van der Waals surface area contributed by atoms with Gasteiger partial charge in [0.05, 0.1) is 5.69 Å². The van der Waals surface area contributed by atoms with E-state index < -0.39 is 0 Å². The van der Waals surface area contributed by atoms with Crippen LogP contribution in [-0.4, -0.2) is 6.71 Å². The van der Waals surface area contributed by atoms with Crippen molar-refractivity contribution in [2.24, 2.45) is 0 Å². The zero-order valence-corrected chi connectivity index (χ0v) is 48.0. The Morgan fingerprint density at radius 2 is 0.867 bits per heavy atom. The first kappa shape index (κ1) is 50.6. The molecule has 1 aliphatic carbocycles. The van der Waals surface area contributed by atoms with Crippen LogP contribution in [0.15, 0.2) is 164 Å². The Balaban J connectivity index is 1.31. The highest BCUT2D eigenvalue weighted by molar-refractivity contribution is 7.00. The van der Waals surface area contributed by atoms with E-state index in [2.05, 4.69) is 284 Å². The summed E-state index contributed by atoms with van der Waals surface area (Å²) in [6.45, 7) is 38.0. The van der Waals surface area contributed by atoms with Crippen LogP contribution in [0.2, 0.25) is 0 Å². The van der Waals surface area contributed by atoms with E-state index in [1.807, 2.05) is 0 Å². The van der Waals surface area contributed by atoms with Gasteiger partial charge < -0.3 is 9.80 Å². The van der Waals surface area contributed by atoms with Gasteiger partial charge in [0.25, 0.3) is 6.71 Å². The predicted molar refractivity (Wildman–Crippen MR) is 326 cm³/mol. The summed E-state index contributed by atoms with van der Waals surface area (Å²) in [6.07, 6.45) is 2.28. The van der Waals surface area contributed by atoms with Crippen molar-refractivity contribution in [2.45, 2.75) is 156 Å². The molecular formula is C72H79BN2. The van der Waals surface area contributed by atoms with E-state index in [0.29, 0.717) is 0 Å². The molecule has 2 aliphatic heterocycles. The number of aryl methyl sites for hydroxylation is 1. The third-order valence-corrected chi connectivity index (χ3v) is 17.7. The lowest BCUT2D eigenvalue weighted by Gasteiger charge is -2.48. The van der Waals surface area contributed by atoms with E-state index in [9.17, 15) is 0 Å². The monoisotopic (exact) mass is 983 g/mol. The minimum absolute atomic E-state index is 0.0000937. The second-order valence-corrected chi connectivity index (χ2v) is 27.5. The van der Waals surface area contributed by atoms with Crippen molar-refractivity contribution in [3.63, 3.8) is 0 Å². The van der Waals surface area contributed by atoms with Gasteiger partial charge in [-0.1, -0.05) is 219 Å². The molecule has 8 aromatic rings. The Bertz CT molecular complexity index is 3500. The van der Waals surface area contributed by atoms with Crippen LogP contribution in [0, 0.1) is 6.92 Å². The first-order valence-corrected chi connectivity index (χ1v) is 27.8. The van der Waals surface area contributed by atoms with Crippen molar-refractivity contribution in [3.8, 4) is 22.3 Å². The molecule has 0 amide bonds. The van der Waals surface area contributed by atoms with Crippen LogP contribution in [0.25, 0.3) is 22.3 Å². The van der Waals surface area contributed by atoms with Crippen molar-refractivity contribution in [1.82, 2.24) is 0 Å². The van der Waals surface area contributed by atoms with E-state index in [4.69, 9.17) is 0 Å². The molecule has 0 spiro atoms. The highest BCUT2D eigenvalue weighted by Gasteiger charge is 2.48. The zero-order chi connectivity index (χ0) is 53.4. The topological polar surface area (TPSA) is 6.48 Å². The fourth-order valence-corrected chi connectivity index (χ4v) is 12.8. The molecule has 0 N–H and O–H groups in total. The fourth-order valence-electron chi connectivity index (χ4n) is 12.8. The van der Waals surface area contributed by atoms with E-state index in [1.54, 1.807) is 0 Å². The predicted octanol–water partition coefficient (Wildman–Crippen LogP) is 18.0. The van der Waals surface area contributed by atoms with Gasteiger partial charge in [0.2, 0.25) is 0 Å². The molecule has 3 aliphatic rings. The molecule has 75 heavy (non-hydrogen) atoms. The minimum Gasteiger partial charge on any atom is -0.311 e. The molecule has 0 fully saturated rings. The Morgan fingerprint density at radius 1 is 0.400 bits per heavy atom. The SMILES string of the molecule is Cc1cc2c3c(c1)N(c1c(-c4ccccc4)cc(C(C)(C)C)cc1-c1ccc(C(C)(C)C)cc1)c1cc4c(cc1B3c1cc(C(C)(C)c3ccccc3)ccc1N2c1ccc(C(C)(C)C)cc1)C(C)(C)CCC4(C)C. The molecular weight excluding hydrogens is 904 g/mol. The van der Waals surface area contributed by atoms with Gasteiger partial charge in [-0.05, 0) is 167 Å². The van der Waals surface area contributed by atoms with Gasteiger partial charge in [-0.25, -0.2) is 0 Å². The molecule has 11 rings (SSSR count). The van der Waals surface area contributed by atoms with Crippen LogP contribution >= 0.6 is 0 Å². The van der Waals surface area contributed by atoms with Gasteiger partial charge in [-0.2, -0.15) is 0 Å². The Morgan fingerprint density at radius 3 is 1.41 bits per heavy atom. The van der Waals surface area contributed by atoms with Gasteiger partial charge in [0.15, 0.2) is 0 Å². The number of hydrogen-bond donors (Lipinski definition) is 0. The first-order valence-electron chi connectivity index (χ1n) is 27.8. The van der Waals surface area contributed by atoms with E-state index >= 15 is 0 Å². The van der Waals surface area contributed by atoms with Gasteiger partial charge in [-0.3, -0.25) is 0 Å². The number of hydrogen-bond acceptors (Lipinski definition) is 2. The van der Waals surface area contributed by atoms with Gasteiger partial charge >= 0.3 is 0 Å². The van der Waals surface area contributed by atoms with Crippen LogP contribution in [0.5, 0.6) is 0 Å². The maximum absolute atomic E-state index is 2.75. The normalized spacial score (nSPS) is 15.8. The second kappa shape index (κ2) is 17.5. The molecule has 0 aromatic heterocycles. The summed E-state index contributed by atoms with van der Waals surface area (Å²) in [6, 6.07) is 64.2. The average molecular weight is 983 g/mol. The van der Waals surface area contributed by atoms with Crippen LogP contribution in [0.3, 0.4) is 0 Å². The van der Waals surface area contributed by atoms with Crippen molar-refractivity contribution in [1.29, 1.82) is 0 Å². The lowest BCUT2D eigenvalue weighted by atomic mass is 9.33. The lowest BCUT2D eigenvalue weighted by molar-refractivity contribution is 0.332. The molecule has 3 heteroatoms. The highest BCUT2D eigenvalue weighted by Crippen LogP contribution is 2.54. The van der Waals surface area contributed by atoms with Crippen LogP contribution in [-0.2, 0) is 32.5 Å². The van der Waals surface area contributed by atoms with Gasteiger partial charge in [0.1, 0.15) is 0 Å². The van der Waals surface area contributed by atoms with Crippen molar-refractivity contribution < 1.29 is 0 Å². The molecule has 380 valence electrons. The fraction of sp³-hybridized carbons (Fsp3) is 0.333. The summed E-state index contributed by atoms with van der Waals surface area (Å²) >= 11 is 0. The Hall–Kier alpha value is -6.58. The molecule has 2 heterocycles. The molecule has 0 atom stereocenters. The van der Waals surface area contributed by atoms with E-state index in [0.717, 1.165) is 12.8 Å². The van der Waals surface area contributed by atoms with E-state index in [-0.39, 0.29) is 39.2 Å². The number of fused-ring (bicyclic) bond motifs is 5. The summed E-state index contributed by atoms with van der Waals surface area (Å²) < 4.78 is 0. The summed E-state index contributed by atoms with van der Waals surface area (Å²) in [7, 11) is 0. The highest BCUT2D eigenvalue weighted by atomic mass is 15.2. The maximum atomic E-state index is 2.75. The quantitative estimate of drug-likeness (QED) is 0.153. The molecule has 0 saturated heterocycles. The molecule has 0 saturated carbocycles. The summed E-state index contributed by atoms with van der Waals surface area (Å²) in [5, 5.41) is 0. The van der Waals surface area contributed by atoms with Crippen LogP contribution in [0.1, 0.15) is 161 Å². The standard InChI is InChI=1S/C72H79BN2/c1-46-39-63-65-64(40-46)75(66-55(47-23-19-17-20-24-47)41-53(69(8,9)10)42-56(66)48-27-29-49(30-28-48)67(2,3)4)62-45-58-57(70(11,12)37-38-71(58,13)14)44-60(62)73(65)59-43-52(72(15,16)51-25-21-18-22-26-51)33-36-61(59)74(63)54-34-31-50(32-35-54)68(5,6)7/h17-36,39-45H,37-38H2,1-16H3. The Labute approximate surface area is 451 Å². The second-order valence-electron chi connectivity index (χ2n) is 27.5. The lowest BCUT2D eigenvalue weighted by Crippen LogP contribution is -2.62. The van der Waals surface area contributed by atoms with Crippen LogP contribution in [0.4, 0.5) is 34.1 Å². The van der Waals surface area contributed by atoms with Gasteiger partial charge in [-0.15, -0.1) is 0 Å². The molecule has 0 unspecified atom stereocenters. The summed E-state index contributed by atoms with van der Waals surface area (Å²) in [4.78, 5) is 5.35. The molecule has 0 radical (unpaired) electrons. The maximum Gasteiger partial charge on any atom is 0.252 e. The van der Waals surface area contributed by atoms with Crippen molar-refractivity contribution >= 4 is 57.2 Å².